The van der Waals surface area contributed by atoms with Crippen molar-refractivity contribution in [3.8, 4) is 0 Å². The maximum atomic E-state index is 11.7. The molecule has 2 aliphatic rings. The molecule has 0 aromatic heterocycles. The van der Waals surface area contributed by atoms with Crippen LogP contribution in [0.5, 0.6) is 0 Å². The van der Waals surface area contributed by atoms with Crippen molar-refractivity contribution in [2.75, 3.05) is 39.8 Å². The molecule has 0 aromatic carbocycles. The van der Waals surface area contributed by atoms with Crippen molar-refractivity contribution in [2.24, 2.45) is 5.92 Å². The Morgan fingerprint density at radius 2 is 2.35 bits per heavy atom. The van der Waals surface area contributed by atoms with Gasteiger partial charge in [-0.1, -0.05) is 0 Å². The molecule has 0 radical (unpaired) electrons. The quantitative estimate of drug-likeness (QED) is 0.650. The van der Waals surface area contributed by atoms with Gasteiger partial charge in [0.25, 0.3) is 0 Å². The van der Waals surface area contributed by atoms with Crippen LogP contribution in [-0.4, -0.2) is 56.7 Å². The fourth-order valence-corrected chi connectivity index (χ4v) is 2.69. The molecule has 5 nitrogen and oxygen atoms in total. The molecule has 3 N–H and O–H groups in total. The van der Waals surface area contributed by atoms with Gasteiger partial charge in [0.15, 0.2) is 0 Å². The summed E-state index contributed by atoms with van der Waals surface area (Å²) in [6, 6.07) is 0.302. The van der Waals surface area contributed by atoms with E-state index < -0.39 is 0 Å². The van der Waals surface area contributed by atoms with Crippen molar-refractivity contribution in [1.82, 2.24) is 20.9 Å². The van der Waals surface area contributed by atoms with E-state index in [-0.39, 0.29) is 6.03 Å². The first kappa shape index (κ1) is 12.6. The zero-order valence-electron chi connectivity index (χ0n) is 10.7. The number of nitrogens with zero attached hydrogens (tertiary/aromatic N) is 1. The number of piperidine rings is 1. The lowest BCUT2D eigenvalue weighted by Gasteiger charge is -2.29. The van der Waals surface area contributed by atoms with E-state index in [1.54, 1.807) is 0 Å². The van der Waals surface area contributed by atoms with E-state index in [0.29, 0.717) is 12.0 Å². The maximum Gasteiger partial charge on any atom is 0.315 e. The normalized spacial score (nSPS) is 30.2. The number of nitrogens with one attached hydrogen (secondary N) is 3. The minimum Gasteiger partial charge on any atom is -0.338 e. The van der Waals surface area contributed by atoms with E-state index in [1.807, 2.05) is 0 Å². The predicted molar refractivity (Wildman–Crippen MR) is 68.0 cm³/mol. The summed E-state index contributed by atoms with van der Waals surface area (Å²) in [6.45, 7) is 5.01. The average molecular weight is 240 g/mol. The summed E-state index contributed by atoms with van der Waals surface area (Å²) in [4.78, 5) is 14.0. The number of carbonyl (C=O) groups excluding carboxylic acids is 1. The third-order valence-electron chi connectivity index (χ3n) is 3.67. The summed E-state index contributed by atoms with van der Waals surface area (Å²) in [6.07, 6.45) is 3.52. The Kier molecular flexibility index (Phi) is 4.62. The van der Waals surface area contributed by atoms with Gasteiger partial charge in [0.2, 0.25) is 0 Å². The molecule has 98 valence electrons. The topological polar surface area (TPSA) is 56.4 Å². The van der Waals surface area contributed by atoms with Crippen LogP contribution in [-0.2, 0) is 0 Å². The van der Waals surface area contributed by atoms with Crippen molar-refractivity contribution in [3.63, 3.8) is 0 Å². The highest BCUT2D eigenvalue weighted by Gasteiger charge is 2.19. The highest BCUT2D eigenvalue weighted by atomic mass is 16.2. The van der Waals surface area contributed by atoms with E-state index in [1.165, 1.54) is 19.4 Å². The molecule has 0 aromatic rings. The number of hydrogen-bond acceptors (Lipinski definition) is 3. The molecule has 0 bridgehead atoms. The number of hydrogen-bond donors (Lipinski definition) is 3. The largest absolute Gasteiger partial charge is 0.338 e. The van der Waals surface area contributed by atoms with E-state index >= 15 is 0 Å². The Hall–Kier alpha value is -0.810. The smallest absolute Gasteiger partial charge is 0.315 e. The SMILES string of the molecule is CN1CCCC(CNC(=O)NC2CCNC2)C1. The van der Waals surface area contributed by atoms with Crippen LogP contribution in [0.25, 0.3) is 0 Å². The van der Waals surface area contributed by atoms with Crippen LogP contribution in [0.15, 0.2) is 0 Å². The molecule has 2 saturated heterocycles. The second kappa shape index (κ2) is 6.21. The summed E-state index contributed by atoms with van der Waals surface area (Å²) in [5.41, 5.74) is 0. The predicted octanol–water partition coefficient (Wildman–Crippen LogP) is -0.0107. The minimum atomic E-state index is -0.00748. The summed E-state index contributed by atoms with van der Waals surface area (Å²) >= 11 is 0. The van der Waals surface area contributed by atoms with Gasteiger partial charge < -0.3 is 20.9 Å². The average Bonchev–Trinajstić information content (AvgIpc) is 2.79. The molecule has 5 heteroatoms. The van der Waals surface area contributed by atoms with Gasteiger partial charge in [-0.25, -0.2) is 4.79 Å². The van der Waals surface area contributed by atoms with Gasteiger partial charge in [0.1, 0.15) is 0 Å². The molecule has 0 spiro atoms. The van der Waals surface area contributed by atoms with Gasteiger partial charge >= 0.3 is 6.03 Å². The maximum absolute atomic E-state index is 11.7. The van der Waals surface area contributed by atoms with E-state index in [9.17, 15) is 4.79 Å². The zero-order chi connectivity index (χ0) is 12.1. The van der Waals surface area contributed by atoms with Gasteiger partial charge in [-0.15, -0.1) is 0 Å². The number of likely N-dealkylation sites (tertiary alicyclic amines) is 1. The summed E-state index contributed by atoms with van der Waals surface area (Å²) in [5.74, 6) is 0.612. The number of amides is 2. The fourth-order valence-electron chi connectivity index (χ4n) is 2.69. The van der Waals surface area contributed by atoms with Crippen molar-refractivity contribution >= 4 is 6.03 Å². The molecule has 0 aliphatic carbocycles. The molecule has 0 saturated carbocycles. The number of rotatable bonds is 3. The van der Waals surface area contributed by atoms with Crippen molar-refractivity contribution < 1.29 is 4.79 Å². The summed E-state index contributed by atoms with van der Waals surface area (Å²) < 4.78 is 0. The molecule has 2 fully saturated rings. The Labute approximate surface area is 103 Å². The lowest BCUT2D eigenvalue weighted by Crippen LogP contribution is -2.46. The number of urea groups is 1. The lowest BCUT2D eigenvalue weighted by molar-refractivity contribution is 0.201. The van der Waals surface area contributed by atoms with Crippen molar-refractivity contribution in [2.45, 2.75) is 25.3 Å². The Balaban J connectivity index is 1.61. The lowest BCUT2D eigenvalue weighted by atomic mass is 9.99. The second-order valence-electron chi connectivity index (χ2n) is 5.31. The van der Waals surface area contributed by atoms with Gasteiger partial charge in [-0.05, 0) is 45.3 Å². The van der Waals surface area contributed by atoms with E-state index in [4.69, 9.17) is 0 Å². The molecule has 2 rings (SSSR count). The summed E-state index contributed by atoms with van der Waals surface area (Å²) in [7, 11) is 2.15. The molecular weight excluding hydrogens is 216 g/mol. The van der Waals surface area contributed by atoms with Crippen LogP contribution >= 0.6 is 0 Å². The van der Waals surface area contributed by atoms with Gasteiger partial charge in [-0.3, -0.25) is 0 Å². The second-order valence-corrected chi connectivity index (χ2v) is 5.31. The van der Waals surface area contributed by atoms with Crippen LogP contribution in [0.2, 0.25) is 0 Å². The third-order valence-corrected chi connectivity index (χ3v) is 3.67. The highest BCUT2D eigenvalue weighted by molar-refractivity contribution is 5.74. The van der Waals surface area contributed by atoms with Crippen LogP contribution in [0.3, 0.4) is 0 Å². The first-order valence-electron chi connectivity index (χ1n) is 6.67. The van der Waals surface area contributed by atoms with E-state index in [0.717, 1.165) is 32.6 Å². The van der Waals surface area contributed by atoms with Crippen LogP contribution in [0.4, 0.5) is 4.79 Å². The first-order valence-corrected chi connectivity index (χ1v) is 6.67. The van der Waals surface area contributed by atoms with Crippen molar-refractivity contribution in [3.05, 3.63) is 0 Å². The van der Waals surface area contributed by atoms with Crippen LogP contribution < -0.4 is 16.0 Å². The minimum absolute atomic E-state index is 0.00748. The van der Waals surface area contributed by atoms with Gasteiger partial charge in [-0.2, -0.15) is 0 Å². The molecule has 2 aliphatic heterocycles. The van der Waals surface area contributed by atoms with Gasteiger partial charge in [0, 0.05) is 25.7 Å². The molecule has 2 heterocycles. The van der Waals surface area contributed by atoms with Crippen LogP contribution in [0, 0.1) is 5.92 Å². The molecular formula is C12H24N4O. The van der Waals surface area contributed by atoms with Crippen LogP contribution in [0.1, 0.15) is 19.3 Å². The Morgan fingerprint density at radius 3 is 3.06 bits per heavy atom. The molecule has 2 amide bonds. The van der Waals surface area contributed by atoms with Crippen molar-refractivity contribution in [1.29, 1.82) is 0 Å². The Morgan fingerprint density at radius 1 is 1.47 bits per heavy atom. The Bertz CT molecular complexity index is 253. The summed E-state index contributed by atoms with van der Waals surface area (Å²) in [5, 5.41) is 9.24. The number of carbonyl (C=O) groups is 1. The zero-order valence-corrected chi connectivity index (χ0v) is 10.7. The molecule has 17 heavy (non-hydrogen) atoms. The van der Waals surface area contributed by atoms with Gasteiger partial charge in [0.05, 0.1) is 0 Å². The fraction of sp³-hybridized carbons (Fsp3) is 0.917. The van der Waals surface area contributed by atoms with E-state index in [2.05, 4.69) is 27.9 Å². The standard InChI is InChI=1S/C12H24N4O/c1-16-6-2-3-10(9-16)7-14-12(17)15-11-4-5-13-8-11/h10-11,13H,2-9H2,1H3,(H2,14,15,17). The molecule has 2 unspecified atom stereocenters. The third kappa shape index (κ3) is 4.16. The highest BCUT2D eigenvalue weighted by Crippen LogP contribution is 2.13. The monoisotopic (exact) mass is 240 g/mol. The first-order chi connectivity index (χ1) is 8.24. The molecule has 2 atom stereocenters.